The molecule has 0 amide bonds. The fourth-order valence-electron chi connectivity index (χ4n) is 2.34. The van der Waals surface area contributed by atoms with Crippen LogP contribution >= 0.6 is 0 Å². The summed E-state index contributed by atoms with van der Waals surface area (Å²) < 4.78 is 0. The summed E-state index contributed by atoms with van der Waals surface area (Å²) in [7, 11) is 0. The average Bonchev–Trinajstić information content (AvgIpc) is 2.75. The predicted molar refractivity (Wildman–Crippen MR) is 119 cm³/mol. The van der Waals surface area contributed by atoms with Crippen LogP contribution < -0.4 is 10.2 Å². The van der Waals surface area contributed by atoms with Crippen molar-refractivity contribution in [2.45, 2.75) is 51.4 Å². The summed E-state index contributed by atoms with van der Waals surface area (Å²) >= 11 is 0. The molecule has 0 unspecified atom stereocenters. The smallest absolute Gasteiger partial charge is 0.550 e. The van der Waals surface area contributed by atoms with E-state index in [-0.39, 0.29) is 50.6 Å². The maximum absolute atomic E-state index is 10.1. The molecule has 0 aromatic heterocycles. The average molecular weight is 443 g/mol. The Balaban J connectivity index is 0.000000562. The van der Waals surface area contributed by atoms with E-state index >= 15 is 0 Å². The number of rotatable bonds is 8. The molecule has 0 spiro atoms. The summed E-state index contributed by atoms with van der Waals surface area (Å²) in [6, 6.07) is 19.9. The summed E-state index contributed by atoms with van der Waals surface area (Å²) in [5.41, 5.74) is 2.37. The van der Waals surface area contributed by atoms with Crippen molar-refractivity contribution in [1.82, 2.24) is 0 Å². The van der Waals surface area contributed by atoms with Gasteiger partial charge in [-0.1, -0.05) is 72.5 Å². The molecule has 0 aliphatic heterocycles. The maximum Gasteiger partial charge on any atom is 2.00 e. The fourth-order valence-corrected chi connectivity index (χ4v) is 2.34. The molecule has 2 rings (SSSR count). The van der Waals surface area contributed by atoms with E-state index in [9.17, 15) is 19.8 Å². The van der Waals surface area contributed by atoms with Crippen LogP contribution in [-0.4, -0.2) is 49.7 Å². The molecule has 4 nitrogen and oxygen atoms in total. The van der Waals surface area contributed by atoms with Gasteiger partial charge in [-0.15, -0.1) is 11.8 Å². The molecule has 0 heterocycles. The summed E-state index contributed by atoms with van der Waals surface area (Å²) in [4.78, 5) is 20.2. The first-order valence-electron chi connectivity index (χ1n) is 9.97. The normalized spacial score (nSPS) is 8.77. The maximum atomic E-state index is 10.1. The number of aliphatic carboxylic acids is 2. The molecule has 0 aliphatic carbocycles. The summed E-state index contributed by atoms with van der Waals surface area (Å²) in [5, 5.41) is 20.2. The summed E-state index contributed by atoms with van der Waals surface area (Å²) in [6.07, 6.45) is 4.05. The Morgan fingerprint density at radius 2 is 0.968 bits per heavy atom. The number of carbonyl (C=O) groups excluding carboxylic acids is 2. The number of carboxylic acid groups (broad SMARTS) is 2. The van der Waals surface area contributed by atoms with Crippen molar-refractivity contribution in [3.05, 3.63) is 71.8 Å². The van der Waals surface area contributed by atoms with Crippen LogP contribution in [0.5, 0.6) is 0 Å². The molecule has 0 radical (unpaired) electrons. The molecular weight excluding hydrogens is 416 g/mol. The Labute approximate surface area is 215 Å². The minimum absolute atomic E-state index is 0. The molecular formula is C26H26CaO4. The molecule has 0 atom stereocenters. The van der Waals surface area contributed by atoms with Gasteiger partial charge in [0, 0.05) is 37.6 Å². The molecule has 2 aromatic carbocycles. The van der Waals surface area contributed by atoms with E-state index in [2.05, 4.69) is 23.7 Å². The number of benzene rings is 2. The first-order valence-corrected chi connectivity index (χ1v) is 9.97. The van der Waals surface area contributed by atoms with Crippen LogP contribution in [0.2, 0.25) is 0 Å². The number of unbranched alkanes of at least 4 members (excludes halogenated alkanes) is 2. The van der Waals surface area contributed by atoms with Gasteiger partial charge < -0.3 is 19.8 Å². The quantitative estimate of drug-likeness (QED) is 0.355. The molecule has 0 fully saturated rings. The van der Waals surface area contributed by atoms with E-state index in [1.165, 1.54) is 11.1 Å². The van der Waals surface area contributed by atoms with Crippen molar-refractivity contribution >= 4 is 49.7 Å². The van der Waals surface area contributed by atoms with Crippen molar-refractivity contribution in [3.63, 3.8) is 0 Å². The van der Waals surface area contributed by atoms with E-state index in [0.717, 1.165) is 12.8 Å². The van der Waals surface area contributed by atoms with Crippen LogP contribution in [0.4, 0.5) is 0 Å². The van der Waals surface area contributed by atoms with Gasteiger partial charge in [0.05, 0.1) is 0 Å². The molecule has 156 valence electrons. The zero-order valence-electron chi connectivity index (χ0n) is 17.8. The molecule has 31 heavy (non-hydrogen) atoms. The Morgan fingerprint density at radius 1 is 0.613 bits per heavy atom. The number of carbonyl (C=O) groups is 2. The zero-order chi connectivity index (χ0) is 21.9. The van der Waals surface area contributed by atoms with E-state index in [4.69, 9.17) is 0 Å². The SMILES string of the molecule is O=C([O-])CCCC#CCc1ccccc1.O=C([O-])CCCC#CCc1ccccc1.[Ca+2]. The largest absolute Gasteiger partial charge is 2.00 e. The minimum Gasteiger partial charge on any atom is -0.550 e. The Morgan fingerprint density at radius 3 is 1.29 bits per heavy atom. The van der Waals surface area contributed by atoms with Crippen LogP contribution in [0.25, 0.3) is 0 Å². The second-order valence-electron chi connectivity index (χ2n) is 6.48. The van der Waals surface area contributed by atoms with Crippen LogP contribution in [0.1, 0.15) is 49.7 Å². The molecule has 0 aliphatic rings. The first-order chi connectivity index (χ1) is 14.6. The second-order valence-corrected chi connectivity index (χ2v) is 6.48. The van der Waals surface area contributed by atoms with Crippen LogP contribution in [0.15, 0.2) is 60.7 Å². The minimum atomic E-state index is -1.00. The third kappa shape index (κ3) is 18.3. The molecule has 5 heteroatoms. The number of carboxylic acids is 2. The van der Waals surface area contributed by atoms with E-state index in [1.54, 1.807) is 0 Å². The summed E-state index contributed by atoms with van der Waals surface area (Å²) in [6.45, 7) is 0. The van der Waals surface area contributed by atoms with Gasteiger partial charge in [-0.05, 0) is 36.8 Å². The van der Waals surface area contributed by atoms with E-state index in [1.807, 2.05) is 60.7 Å². The fraction of sp³-hybridized carbons (Fsp3) is 0.308. The van der Waals surface area contributed by atoms with Crippen LogP contribution in [0, 0.1) is 23.7 Å². The molecule has 0 saturated carbocycles. The topological polar surface area (TPSA) is 80.3 Å². The Bertz CT molecular complexity index is 796. The van der Waals surface area contributed by atoms with Crippen molar-refractivity contribution < 1.29 is 19.8 Å². The molecule has 0 saturated heterocycles. The number of hydrogen-bond donors (Lipinski definition) is 0. The van der Waals surface area contributed by atoms with Gasteiger partial charge in [-0.2, -0.15) is 0 Å². The predicted octanol–water partition coefficient (Wildman–Crippen LogP) is 1.92. The monoisotopic (exact) mass is 442 g/mol. The molecule has 0 bridgehead atoms. The van der Waals surface area contributed by atoms with Gasteiger partial charge in [0.15, 0.2) is 0 Å². The third-order valence-electron chi connectivity index (χ3n) is 3.89. The zero-order valence-corrected chi connectivity index (χ0v) is 20.0. The standard InChI is InChI=1S/2C13H14O2.Ca/c2*14-13(15)11-7-2-1-4-8-12-9-5-3-6-10-12;/h2*3,5-6,9-10H,2,7-8,11H2,(H,14,15);/q;;+2/p-2. The summed E-state index contributed by atoms with van der Waals surface area (Å²) in [5.74, 6) is 9.92. The molecule has 2 aromatic rings. The van der Waals surface area contributed by atoms with Crippen molar-refractivity contribution in [2.24, 2.45) is 0 Å². The van der Waals surface area contributed by atoms with Gasteiger partial charge >= 0.3 is 37.7 Å². The van der Waals surface area contributed by atoms with Gasteiger partial charge in [-0.3, -0.25) is 0 Å². The van der Waals surface area contributed by atoms with Crippen LogP contribution in [0.3, 0.4) is 0 Å². The first kappa shape index (κ1) is 28.8. The molecule has 0 N–H and O–H groups in total. The van der Waals surface area contributed by atoms with Gasteiger partial charge in [-0.25, -0.2) is 0 Å². The Kier molecular flexibility index (Phi) is 18.3. The van der Waals surface area contributed by atoms with E-state index < -0.39 is 11.9 Å². The van der Waals surface area contributed by atoms with Crippen molar-refractivity contribution in [2.75, 3.05) is 0 Å². The van der Waals surface area contributed by atoms with E-state index in [0.29, 0.717) is 25.7 Å². The van der Waals surface area contributed by atoms with Crippen molar-refractivity contribution in [3.8, 4) is 23.7 Å². The van der Waals surface area contributed by atoms with Gasteiger partial charge in [0.2, 0.25) is 0 Å². The number of hydrogen-bond acceptors (Lipinski definition) is 4. The van der Waals surface area contributed by atoms with Crippen molar-refractivity contribution in [1.29, 1.82) is 0 Å². The van der Waals surface area contributed by atoms with Gasteiger partial charge in [0.25, 0.3) is 0 Å². The van der Waals surface area contributed by atoms with Crippen LogP contribution in [-0.2, 0) is 22.4 Å². The second kappa shape index (κ2) is 19.7. The van der Waals surface area contributed by atoms with Gasteiger partial charge in [0.1, 0.15) is 0 Å². The third-order valence-corrected chi connectivity index (χ3v) is 3.89. The Hall–Kier alpha value is -2.24.